The summed E-state index contributed by atoms with van der Waals surface area (Å²) in [5, 5.41) is 0. The largest absolute Gasteiger partial charge is 0.298 e. The maximum atomic E-state index is 10.8. The molecule has 0 spiro atoms. The molecule has 1 heteroatoms. The van der Waals surface area contributed by atoms with Crippen molar-refractivity contribution in [3.05, 3.63) is 0 Å². The highest BCUT2D eigenvalue weighted by atomic mass is 16.1. The molecule has 0 aliphatic heterocycles. The van der Waals surface area contributed by atoms with Gasteiger partial charge in [-0.1, -0.05) is 25.2 Å². The molecule has 0 aliphatic rings. The van der Waals surface area contributed by atoms with E-state index in [0.717, 1.165) is 19.3 Å². The molecule has 12 heavy (non-hydrogen) atoms. The fraction of sp³-hybridized carbons (Fsp3) is 0.545. The molecular weight excluding hydrogens is 148 g/mol. The van der Waals surface area contributed by atoms with Crippen molar-refractivity contribution in [3.63, 3.8) is 0 Å². The third kappa shape index (κ3) is 6.90. The molecule has 0 radical (unpaired) electrons. The van der Waals surface area contributed by atoms with Gasteiger partial charge in [0.25, 0.3) is 0 Å². The standard InChI is InChI=1S/C11H14O/c1-3-5-6-7-8-10-11(12)9-4-2/h2H,3,5-6,9-10H2,1H3. The third-order valence-electron chi connectivity index (χ3n) is 1.37. The van der Waals surface area contributed by atoms with E-state index in [2.05, 4.69) is 24.7 Å². The molecule has 0 fully saturated rings. The minimum atomic E-state index is 0.0431. The van der Waals surface area contributed by atoms with E-state index in [1.807, 2.05) is 0 Å². The molecule has 0 saturated heterocycles. The number of rotatable bonds is 4. The van der Waals surface area contributed by atoms with Crippen LogP contribution in [-0.4, -0.2) is 5.78 Å². The van der Waals surface area contributed by atoms with Crippen molar-refractivity contribution in [1.29, 1.82) is 0 Å². The van der Waals surface area contributed by atoms with Crippen LogP contribution in [0.1, 0.15) is 39.0 Å². The number of hydrogen-bond acceptors (Lipinski definition) is 1. The van der Waals surface area contributed by atoms with E-state index in [9.17, 15) is 4.79 Å². The van der Waals surface area contributed by atoms with Gasteiger partial charge in [0.2, 0.25) is 0 Å². The normalized spacial score (nSPS) is 8.00. The van der Waals surface area contributed by atoms with Crippen LogP contribution in [-0.2, 0) is 4.79 Å². The number of carbonyl (C=O) groups is 1. The first kappa shape index (κ1) is 10.8. The first-order chi connectivity index (χ1) is 5.81. The van der Waals surface area contributed by atoms with Gasteiger partial charge in [0.1, 0.15) is 0 Å². The fourth-order valence-corrected chi connectivity index (χ4v) is 0.691. The van der Waals surface area contributed by atoms with E-state index in [-0.39, 0.29) is 12.2 Å². The van der Waals surface area contributed by atoms with Crippen LogP contribution in [0.3, 0.4) is 0 Å². The zero-order valence-electron chi connectivity index (χ0n) is 7.52. The second kappa shape index (κ2) is 7.89. The van der Waals surface area contributed by atoms with Gasteiger partial charge < -0.3 is 0 Å². The third-order valence-corrected chi connectivity index (χ3v) is 1.37. The van der Waals surface area contributed by atoms with Crippen molar-refractivity contribution < 1.29 is 4.79 Å². The highest BCUT2D eigenvalue weighted by Crippen LogP contribution is 1.91. The number of unbranched alkanes of at least 4 members (excludes halogenated alkanes) is 2. The maximum absolute atomic E-state index is 10.8. The smallest absolute Gasteiger partial charge is 0.156 e. The maximum Gasteiger partial charge on any atom is 0.156 e. The van der Waals surface area contributed by atoms with Gasteiger partial charge >= 0.3 is 0 Å². The zero-order valence-corrected chi connectivity index (χ0v) is 7.52. The Balaban J connectivity index is 3.44. The van der Waals surface area contributed by atoms with E-state index in [1.54, 1.807) is 0 Å². The molecule has 0 N–H and O–H groups in total. The summed E-state index contributed by atoms with van der Waals surface area (Å²) < 4.78 is 0. The number of Topliss-reactive ketones (excluding diaryl/α,β-unsaturated/α-hetero) is 1. The average Bonchev–Trinajstić information content (AvgIpc) is 2.05. The molecule has 0 aliphatic carbocycles. The molecule has 0 aromatic carbocycles. The van der Waals surface area contributed by atoms with E-state index >= 15 is 0 Å². The van der Waals surface area contributed by atoms with Crippen LogP contribution < -0.4 is 0 Å². The summed E-state index contributed by atoms with van der Waals surface area (Å²) in [4.78, 5) is 10.8. The summed E-state index contributed by atoms with van der Waals surface area (Å²) >= 11 is 0. The molecule has 1 nitrogen and oxygen atoms in total. The highest BCUT2D eigenvalue weighted by molar-refractivity contribution is 5.82. The predicted octanol–water partition coefficient (Wildman–Crippen LogP) is 2.16. The van der Waals surface area contributed by atoms with E-state index < -0.39 is 0 Å². The highest BCUT2D eigenvalue weighted by Gasteiger charge is 1.93. The number of hydrogen-bond donors (Lipinski definition) is 0. The molecule has 0 rings (SSSR count). The van der Waals surface area contributed by atoms with Crippen molar-refractivity contribution >= 4 is 5.78 Å². The van der Waals surface area contributed by atoms with Gasteiger partial charge in [-0.25, -0.2) is 0 Å². The lowest BCUT2D eigenvalue weighted by molar-refractivity contribution is -0.117. The van der Waals surface area contributed by atoms with Crippen LogP contribution in [0.2, 0.25) is 0 Å². The first-order valence-corrected chi connectivity index (χ1v) is 4.22. The summed E-state index contributed by atoms with van der Waals surface area (Å²) in [5.41, 5.74) is 0. The Morgan fingerprint density at radius 1 is 1.33 bits per heavy atom. The lowest BCUT2D eigenvalue weighted by Crippen LogP contribution is -1.92. The summed E-state index contributed by atoms with van der Waals surface area (Å²) in [7, 11) is 0. The Hall–Kier alpha value is -1.21. The first-order valence-electron chi connectivity index (χ1n) is 4.22. The van der Waals surface area contributed by atoms with Gasteiger partial charge in [-0.15, -0.1) is 12.3 Å². The van der Waals surface area contributed by atoms with Gasteiger partial charge in [0.15, 0.2) is 5.78 Å². The van der Waals surface area contributed by atoms with Crippen molar-refractivity contribution in [2.75, 3.05) is 0 Å². The van der Waals surface area contributed by atoms with E-state index in [0.29, 0.717) is 6.42 Å². The predicted molar refractivity (Wildman–Crippen MR) is 50.4 cm³/mol. The molecule has 0 atom stereocenters. The molecule has 64 valence electrons. The number of carbonyl (C=O) groups excluding carboxylic acids is 1. The molecule has 0 unspecified atom stereocenters. The Kier molecular flexibility index (Phi) is 7.10. The molecule has 0 aromatic rings. The summed E-state index contributed by atoms with van der Waals surface area (Å²) in [5.74, 6) is 8.09. The van der Waals surface area contributed by atoms with Crippen LogP contribution in [0.15, 0.2) is 0 Å². The molecule has 0 heterocycles. The SMILES string of the molecule is C#CCC(=O)CC#CCCCC. The van der Waals surface area contributed by atoms with Gasteiger partial charge in [0.05, 0.1) is 12.8 Å². The summed E-state index contributed by atoms with van der Waals surface area (Å²) in [6, 6.07) is 0. The Bertz CT molecular complexity index is 222. The van der Waals surface area contributed by atoms with Crippen LogP contribution >= 0.6 is 0 Å². The van der Waals surface area contributed by atoms with E-state index in [4.69, 9.17) is 6.42 Å². The Morgan fingerprint density at radius 3 is 2.67 bits per heavy atom. The topological polar surface area (TPSA) is 17.1 Å². The Morgan fingerprint density at radius 2 is 2.08 bits per heavy atom. The van der Waals surface area contributed by atoms with Crippen LogP contribution in [0.25, 0.3) is 0 Å². The van der Waals surface area contributed by atoms with Crippen molar-refractivity contribution in [2.24, 2.45) is 0 Å². The van der Waals surface area contributed by atoms with Crippen molar-refractivity contribution in [3.8, 4) is 24.2 Å². The van der Waals surface area contributed by atoms with Gasteiger partial charge in [-0.05, 0) is 6.42 Å². The molecule has 0 bridgehead atoms. The lowest BCUT2D eigenvalue weighted by atomic mass is 10.2. The van der Waals surface area contributed by atoms with Gasteiger partial charge in [0, 0.05) is 6.42 Å². The van der Waals surface area contributed by atoms with Crippen molar-refractivity contribution in [2.45, 2.75) is 39.0 Å². The van der Waals surface area contributed by atoms with Crippen LogP contribution in [0.5, 0.6) is 0 Å². The number of terminal acetylenes is 1. The second-order valence-corrected chi connectivity index (χ2v) is 2.55. The monoisotopic (exact) mass is 162 g/mol. The van der Waals surface area contributed by atoms with Crippen LogP contribution in [0, 0.1) is 24.2 Å². The zero-order chi connectivity index (χ0) is 9.23. The minimum Gasteiger partial charge on any atom is -0.298 e. The number of ketones is 1. The lowest BCUT2D eigenvalue weighted by Gasteiger charge is -1.85. The molecular formula is C11H14O. The quantitative estimate of drug-likeness (QED) is 0.457. The average molecular weight is 162 g/mol. The second-order valence-electron chi connectivity index (χ2n) is 2.55. The van der Waals surface area contributed by atoms with Gasteiger partial charge in [-0.2, -0.15) is 0 Å². The molecule has 0 saturated carbocycles. The minimum absolute atomic E-state index is 0.0431. The van der Waals surface area contributed by atoms with Crippen LogP contribution in [0.4, 0.5) is 0 Å². The fourth-order valence-electron chi connectivity index (χ4n) is 0.691. The summed E-state index contributed by atoms with van der Waals surface area (Å²) in [6.45, 7) is 2.12. The summed E-state index contributed by atoms with van der Waals surface area (Å²) in [6.07, 6.45) is 8.63. The molecule has 0 aromatic heterocycles. The Labute approximate surface area is 74.5 Å². The van der Waals surface area contributed by atoms with Gasteiger partial charge in [-0.3, -0.25) is 4.79 Å². The van der Waals surface area contributed by atoms with E-state index in [1.165, 1.54) is 0 Å². The van der Waals surface area contributed by atoms with Crippen molar-refractivity contribution in [1.82, 2.24) is 0 Å². The molecule has 0 amide bonds.